The Kier molecular flexibility index (Phi) is 4.90. The first kappa shape index (κ1) is 14.7. The fraction of sp³-hybridized carbons (Fsp3) is 0.312. The number of rotatable bonds is 5. The van der Waals surface area contributed by atoms with Gasteiger partial charge in [-0.2, -0.15) is 0 Å². The number of hydrogen-bond acceptors (Lipinski definition) is 4. The minimum atomic E-state index is -0.438. The molecule has 0 aliphatic rings. The second-order valence-corrected chi connectivity index (χ2v) is 5.96. The van der Waals surface area contributed by atoms with Crippen LogP contribution in [0.4, 0.5) is 0 Å². The molecule has 0 bridgehead atoms. The molecule has 3 nitrogen and oxygen atoms in total. The van der Waals surface area contributed by atoms with Crippen molar-refractivity contribution in [2.24, 2.45) is 0 Å². The molecule has 0 saturated heterocycles. The molecule has 2 rings (SSSR count). The van der Waals surface area contributed by atoms with Gasteiger partial charge in [0.25, 0.3) is 0 Å². The number of furan rings is 1. The third kappa shape index (κ3) is 3.67. The molecule has 0 radical (unpaired) electrons. The smallest absolute Gasteiger partial charge is 0.373 e. The van der Waals surface area contributed by atoms with E-state index >= 15 is 0 Å². The van der Waals surface area contributed by atoms with Gasteiger partial charge in [-0.25, -0.2) is 4.79 Å². The maximum atomic E-state index is 11.3. The zero-order valence-electron chi connectivity index (χ0n) is 11.9. The van der Waals surface area contributed by atoms with Gasteiger partial charge in [-0.1, -0.05) is 29.8 Å². The van der Waals surface area contributed by atoms with E-state index in [0.717, 1.165) is 11.5 Å². The summed E-state index contributed by atoms with van der Waals surface area (Å²) < 4.78 is 10.1. The Labute approximate surface area is 123 Å². The maximum absolute atomic E-state index is 11.3. The lowest BCUT2D eigenvalue weighted by molar-refractivity contribution is 0.0563. The van der Waals surface area contributed by atoms with Gasteiger partial charge in [0.2, 0.25) is 5.76 Å². The van der Waals surface area contributed by atoms with Crippen LogP contribution in [-0.2, 0) is 10.5 Å². The van der Waals surface area contributed by atoms with E-state index in [4.69, 9.17) is 4.42 Å². The third-order valence-corrected chi connectivity index (χ3v) is 4.23. The van der Waals surface area contributed by atoms with Crippen molar-refractivity contribution < 1.29 is 13.9 Å². The number of ether oxygens (including phenoxy) is 1. The highest BCUT2D eigenvalue weighted by molar-refractivity contribution is 7.98. The molecule has 0 aliphatic carbocycles. The highest BCUT2D eigenvalue weighted by Gasteiger charge is 2.15. The van der Waals surface area contributed by atoms with Gasteiger partial charge in [0.05, 0.1) is 12.4 Å². The van der Waals surface area contributed by atoms with Crippen molar-refractivity contribution in [3.8, 4) is 0 Å². The monoisotopic (exact) mass is 290 g/mol. The van der Waals surface area contributed by atoms with Crippen molar-refractivity contribution in [2.45, 2.75) is 24.9 Å². The molecular formula is C16H18O3S. The summed E-state index contributed by atoms with van der Waals surface area (Å²) in [7, 11) is 1.35. The lowest BCUT2D eigenvalue weighted by Gasteiger charge is -2.09. The van der Waals surface area contributed by atoms with Crippen LogP contribution in [0.3, 0.4) is 0 Å². The van der Waals surface area contributed by atoms with E-state index in [2.05, 4.69) is 42.8 Å². The lowest BCUT2D eigenvalue weighted by Crippen LogP contribution is -1.98. The fourth-order valence-electron chi connectivity index (χ4n) is 1.89. The Bertz CT molecular complexity index is 589. The van der Waals surface area contributed by atoms with Crippen LogP contribution < -0.4 is 0 Å². The third-order valence-electron chi connectivity index (χ3n) is 3.00. The molecule has 20 heavy (non-hydrogen) atoms. The van der Waals surface area contributed by atoms with Gasteiger partial charge >= 0.3 is 5.97 Å². The average Bonchev–Trinajstić information content (AvgIpc) is 2.94. The van der Waals surface area contributed by atoms with Gasteiger partial charge in [0.15, 0.2) is 0 Å². The topological polar surface area (TPSA) is 39.4 Å². The van der Waals surface area contributed by atoms with Gasteiger partial charge in [-0.15, -0.1) is 11.8 Å². The molecule has 0 amide bonds. The number of benzene rings is 1. The Morgan fingerprint density at radius 3 is 2.85 bits per heavy atom. The summed E-state index contributed by atoms with van der Waals surface area (Å²) in [6, 6.07) is 12.0. The van der Waals surface area contributed by atoms with E-state index in [-0.39, 0.29) is 11.0 Å². The number of aryl methyl sites for hydroxylation is 1. The van der Waals surface area contributed by atoms with Crippen LogP contribution in [-0.4, -0.2) is 13.1 Å². The molecule has 0 aliphatic heterocycles. The van der Waals surface area contributed by atoms with Crippen molar-refractivity contribution in [1.82, 2.24) is 0 Å². The number of methoxy groups -OCH3 is 1. The summed E-state index contributed by atoms with van der Waals surface area (Å²) >= 11 is 1.78. The van der Waals surface area contributed by atoms with Crippen molar-refractivity contribution in [1.29, 1.82) is 0 Å². The molecule has 2 aromatic rings. The SMILES string of the molecule is COC(=O)c1ccc(C(C)SCc2cccc(C)c2)o1. The largest absolute Gasteiger partial charge is 0.463 e. The second kappa shape index (κ2) is 6.66. The van der Waals surface area contributed by atoms with Crippen LogP contribution in [0.5, 0.6) is 0 Å². The molecule has 4 heteroatoms. The van der Waals surface area contributed by atoms with E-state index in [9.17, 15) is 4.79 Å². The predicted octanol–water partition coefficient (Wildman–Crippen LogP) is 4.37. The summed E-state index contributed by atoms with van der Waals surface area (Å²) in [6.07, 6.45) is 0. The number of esters is 1. The zero-order valence-corrected chi connectivity index (χ0v) is 12.7. The zero-order chi connectivity index (χ0) is 14.5. The average molecular weight is 290 g/mol. The molecule has 0 saturated carbocycles. The molecule has 1 atom stereocenters. The summed E-state index contributed by atoms with van der Waals surface area (Å²) in [6.45, 7) is 4.16. The van der Waals surface area contributed by atoms with E-state index < -0.39 is 5.97 Å². The van der Waals surface area contributed by atoms with E-state index in [1.54, 1.807) is 17.8 Å². The summed E-state index contributed by atoms with van der Waals surface area (Å²) in [5.74, 6) is 1.53. The first-order valence-corrected chi connectivity index (χ1v) is 7.50. The Hall–Kier alpha value is -1.68. The normalized spacial score (nSPS) is 12.2. The molecule has 1 heterocycles. The Morgan fingerprint density at radius 2 is 2.15 bits per heavy atom. The van der Waals surface area contributed by atoms with Crippen molar-refractivity contribution in [2.75, 3.05) is 7.11 Å². The molecule has 0 fully saturated rings. The van der Waals surface area contributed by atoms with E-state index in [1.807, 2.05) is 6.07 Å². The Balaban J connectivity index is 1.96. The van der Waals surface area contributed by atoms with Crippen LogP contribution in [0.2, 0.25) is 0 Å². The summed E-state index contributed by atoms with van der Waals surface area (Å²) in [5, 5.41) is 0.189. The van der Waals surface area contributed by atoms with Crippen LogP contribution in [0, 0.1) is 6.92 Å². The molecule has 1 unspecified atom stereocenters. The van der Waals surface area contributed by atoms with Gasteiger partial charge in [-0.3, -0.25) is 0 Å². The standard InChI is InChI=1S/C16H18O3S/c1-11-5-4-6-13(9-11)10-20-12(2)14-7-8-15(19-14)16(17)18-3/h4-9,12H,10H2,1-3H3. The van der Waals surface area contributed by atoms with Gasteiger partial charge in [-0.05, 0) is 31.5 Å². The summed E-state index contributed by atoms with van der Waals surface area (Å²) in [5.41, 5.74) is 2.56. The number of hydrogen-bond donors (Lipinski definition) is 0. The number of carbonyl (C=O) groups is 1. The van der Waals surface area contributed by atoms with Gasteiger partial charge in [0.1, 0.15) is 5.76 Å². The molecular weight excluding hydrogens is 272 g/mol. The summed E-state index contributed by atoms with van der Waals surface area (Å²) in [4.78, 5) is 11.3. The fourth-order valence-corrected chi connectivity index (χ4v) is 2.80. The number of thioether (sulfide) groups is 1. The highest BCUT2D eigenvalue weighted by Crippen LogP contribution is 2.32. The quantitative estimate of drug-likeness (QED) is 0.767. The predicted molar refractivity (Wildman–Crippen MR) is 80.9 cm³/mol. The van der Waals surface area contributed by atoms with Crippen LogP contribution >= 0.6 is 11.8 Å². The number of carbonyl (C=O) groups excluding carboxylic acids is 1. The van der Waals surface area contributed by atoms with E-state index in [1.165, 1.54) is 18.2 Å². The Morgan fingerprint density at radius 1 is 1.35 bits per heavy atom. The minimum Gasteiger partial charge on any atom is -0.463 e. The maximum Gasteiger partial charge on any atom is 0.373 e. The van der Waals surface area contributed by atoms with E-state index in [0.29, 0.717) is 0 Å². The van der Waals surface area contributed by atoms with Crippen molar-refractivity contribution in [3.05, 3.63) is 59.0 Å². The molecule has 1 aromatic carbocycles. The molecule has 0 N–H and O–H groups in total. The van der Waals surface area contributed by atoms with Crippen molar-refractivity contribution in [3.63, 3.8) is 0 Å². The highest BCUT2D eigenvalue weighted by atomic mass is 32.2. The van der Waals surface area contributed by atoms with Crippen LogP contribution in [0.15, 0.2) is 40.8 Å². The van der Waals surface area contributed by atoms with Crippen molar-refractivity contribution >= 4 is 17.7 Å². The minimum absolute atomic E-state index is 0.189. The van der Waals surface area contributed by atoms with Gasteiger partial charge < -0.3 is 9.15 Å². The van der Waals surface area contributed by atoms with Gasteiger partial charge in [0, 0.05) is 5.75 Å². The molecule has 0 spiro atoms. The molecule has 1 aromatic heterocycles. The molecule has 106 valence electrons. The first-order chi connectivity index (χ1) is 9.60. The first-order valence-electron chi connectivity index (χ1n) is 6.45. The lowest BCUT2D eigenvalue weighted by atomic mass is 10.2. The van der Waals surface area contributed by atoms with Crippen LogP contribution in [0.1, 0.15) is 39.6 Å². The second-order valence-electron chi connectivity index (χ2n) is 4.64. The van der Waals surface area contributed by atoms with Crippen LogP contribution in [0.25, 0.3) is 0 Å².